The summed E-state index contributed by atoms with van der Waals surface area (Å²) < 4.78 is 11.4. The number of hydrogen-bond acceptors (Lipinski definition) is 2. The minimum absolute atomic E-state index is 0.628. The molecular weight excluding hydrogens is 272 g/mol. The standard InChI is InChI=1S/C20H28O2/c1-4-17(5-2)8-6-7-16(3)11-13-21-19-10-9-18-12-14-22-20(18)15-19/h8-11,15H,4-7,12-14H2,1-3H3. The summed E-state index contributed by atoms with van der Waals surface area (Å²) >= 11 is 0. The van der Waals surface area contributed by atoms with Crippen molar-refractivity contribution in [3.05, 3.63) is 47.1 Å². The first kappa shape index (κ1) is 16.7. The molecular formula is C20H28O2. The molecule has 0 amide bonds. The van der Waals surface area contributed by atoms with Crippen LogP contribution in [0, 0.1) is 0 Å². The Kier molecular flexibility index (Phi) is 6.57. The van der Waals surface area contributed by atoms with Crippen molar-refractivity contribution >= 4 is 0 Å². The molecule has 0 saturated carbocycles. The normalized spacial score (nSPS) is 13.5. The van der Waals surface area contributed by atoms with Crippen molar-refractivity contribution in [2.45, 2.75) is 52.9 Å². The van der Waals surface area contributed by atoms with E-state index in [1.54, 1.807) is 5.57 Å². The lowest BCUT2D eigenvalue weighted by atomic mass is 10.1. The number of ether oxygens (including phenoxy) is 2. The zero-order chi connectivity index (χ0) is 15.8. The van der Waals surface area contributed by atoms with Crippen molar-refractivity contribution in [1.82, 2.24) is 0 Å². The fourth-order valence-corrected chi connectivity index (χ4v) is 2.66. The maximum atomic E-state index is 5.80. The summed E-state index contributed by atoms with van der Waals surface area (Å²) in [4.78, 5) is 0. The van der Waals surface area contributed by atoms with E-state index in [0.29, 0.717) is 6.61 Å². The molecule has 0 bridgehead atoms. The van der Waals surface area contributed by atoms with E-state index >= 15 is 0 Å². The van der Waals surface area contributed by atoms with Crippen LogP contribution in [0.4, 0.5) is 0 Å². The monoisotopic (exact) mass is 300 g/mol. The highest BCUT2D eigenvalue weighted by Crippen LogP contribution is 2.29. The van der Waals surface area contributed by atoms with E-state index in [0.717, 1.165) is 37.4 Å². The molecule has 0 fully saturated rings. The number of fused-ring (bicyclic) bond motifs is 1. The summed E-state index contributed by atoms with van der Waals surface area (Å²) in [5.74, 6) is 1.87. The van der Waals surface area contributed by atoms with Gasteiger partial charge in [-0.05, 0) is 50.3 Å². The van der Waals surface area contributed by atoms with Gasteiger partial charge in [0.25, 0.3) is 0 Å². The summed E-state index contributed by atoms with van der Waals surface area (Å²) in [6.45, 7) is 8.06. The molecule has 0 unspecified atom stereocenters. The molecule has 0 N–H and O–H groups in total. The molecule has 2 nitrogen and oxygen atoms in total. The number of rotatable bonds is 8. The van der Waals surface area contributed by atoms with Gasteiger partial charge in [-0.1, -0.05) is 37.1 Å². The second-order valence-electron chi connectivity index (χ2n) is 5.84. The van der Waals surface area contributed by atoms with Crippen molar-refractivity contribution in [2.75, 3.05) is 13.2 Å². The molecule has 1 heterocycles. The molecule has 0 spiro atoms. The highest BCUT2D eigenvalue weighted by atomic mass is 16.5. The first-order valence-corrected chi connectivity index (χ1v) is 8.45. The van der Waals surface area contributed by atoms with Crippen molar-refractivity contribution in [3.63, 3.8) is 0 Å². The Labute approximate surface area is 134 Å². The minimum atomic E-state index is 0.628. The van der Waals surface area contributed by atoms with E-state index in [-0.39, 0.29) is 0 Å². The van der Waals surface area contributed by atoms with E-state index in [9.17, 15) is 0 Å². The Balaban J connectivity index is 1.76. The van der Waals surface area contributed by atoms with Crippen molar-refractivity contribution < 1.29 is 9.47 Å². The van der Waals surface area contributed by atoms with Gasteiger partial charge in [-0.15, -0.1) is 0 Å². The van der Waals surface area contributed by atoms with Crippen LogP contribution in [0.15, 0.2) is 41.5 Å². The molecule has 0 aliphatic carbocycles. The lowest BCUT2D eigenvalue weighted by Crippen LogP contribution is -1.95. The zero-order valence-electron chi connectivity index (χ0n) is 14.2. The molecule has 0 atom stereocenters. The van der Waals surface area contributed by atoms with Gasteiger partial charge in [0.15, 0.2) is 0 Å². The molecule has 2 heteroatoms. The fourth-order valence-electron chi connectivity index (χ4n) is 2.66. The first-order chi connectivity index (χ1) is 10.7. The second kappa shape index (κ2) is 8.67. The third kappa shape index (κ3) is 4.94. The van der Waals surface area contributed by atoms with Gasteiger partial charge < -0.3 is 9.47 Å². The fraction of sp³-hybridized carbons (Fsp3) is 0.500. The molecule has 1 aromatic carbocycles. The molecule has 0 aromatic heterocycles. The zero-order valence-corrected chi connectivity index (χ0v) is 14.2. The van der Waals surface area contributed by atoms with Gasteiger partial charge in [0, 0.05) is 12.5 Å². The number of hydrogen-bond donors (Lipinski definition) is 0. The van der Waals surface area contributed by atoms with E-state index in [1.165, 1.54) is 24.0 Å². The third-order valence-electron chi connectivity index (χ3n) is 4.23. The SMILES string of the molecule is CCC(=CCCC(C)=CCOc1ccc2c(c1)OCC2)CC. The van der Waals surface area contributed by atoms with Crippen LogP contribution in [-0.2, 0) is 6.42 Å². The lowest BCUT2D eigenvalue weighted by Gasteiger charge is -2.06. The smallest absolute Gasteiger partial charge is 0.126 e. The topological polar surface area (TPSA) is 18.5 Å². The Morgan fingerprint density at radius 3 is 2.82 bits per heavy atom. The van der Waals surface area contributed by atoms with Crippen LogP contribution in [0.5, 0.6) is 11.5 Å². The van der Waals surface area contributed by atoms with Crippen LogP contribution in [0.25, 0.3) is 0 Å². The predicted molar refractivity (Wildman–Crippen MR) is 92.8 cm³/mol. The molecule has 120 valence electrons. The predicted octanol–water partition coefficient (Wildman–Crippen LogP) is 5.47. The summed E-state index contributed by atoms with van der Waals surface area (Å²) in [6, 6.07) is 6.15. The van der Waals surface area contributed by atoms with Crippen LogP contribution < -0.4 is 9.47 Å². The molecule has 1 aliphatic heterocycles. The van der Waals surface area contributed by atoms with Gasteiger partial charge in [-0.3, -0.25) is 0 Å². The van der Waals surface area contributed by atoms with Crippen molar-refractivity contribution in [2.24, 2.45) is 0 Å². The van der Waals surface area contributed by atoms with Crippen LogP contribution in [0.3, 0.4) is 0 Å². The average Bonchev–Trinajstić information content (AvgIpc) is 2.99. The summed E-state index contributed by atoms with van der Waals surface area (Å²) in [7, 11) is 0. The molecule has 1 aromatic rings. The number of benzene rings is 1. The highest BCUT2D eigenvalue weighted by Gasteiger charge is 2.12. The van der Waals surface area contributed by atoms with Crippen LogP contribution in [-0.4, -0.2) is 13.2 Å². The Morgan fingerprint density at radius 2 is 2.05 bits per heavy atom. The molecule has 22 heavy (non-hydrogen) atoms. The Hall–Kier alpha value is -1.70. The van der Waals surface area contributed by atoms with E-state index in [1.807, 2.05) is 12.1 Å². The van der Waals surface area contributed by atoms with Crippen LogP contribution in [0.2, 0.25) is 0 Å². The Morgan fingerprint density at radius 1 is 1.23 bits per heavy atom. The maximum absolute atomic E-state index is 5.80. The minimum Gasteiger partial charge on any atom is -0.493 e. The summed E-state index contributed by atoms with van der Waals surface area (Å²) in [6.07, 6.45) is 10.2. The van der Waals surface area contributed by atoms with E-state index in [2.05, 4.69) is 39.0 Å². The van der Waals surface area contributed by atoms with Gasteiger partial charge in [0.2, 0.25) is 0 Å². The Bertz CT molecular complexity index is 535. The van der Waals surface area contributed by atoms with Gasteiger partial charge in [-0.2, -0.15) is 0 Å². The van der Waals surface area contributed by atoms with E-state index < -0.39 is 0 Å². The third-order valence-corrected chi connectivity index (χ3v) is 4.23. The van der Waals surface area contributed by atoms with Crippen LogP contribution >= 0.6 is 0 Å². The van der Waals surface area contributed by atoms with Crippen molar-refractivity contribution in [3.8, 4) is 11.5 Å². The van der Waals surface area contributed by atoms with Gasteiger partial charge in [0.1, 0.15) is 18.1 Å². The molecule has 0 radical (unpaired) electrons. The summed E-state index contributed by atoms with van der Waals surface area (Å²) in [5.41, 5.74) is 4.23. The highest BCUT2D eigenvalue weighted by molar-refractivity contribution is 5.42. The first-order valence-electron chi connectivity index (χ1n) is 8.45. The molecule has 0 saturated heterocycles. The van der Waals surface area contributed by atoms with Gasteiger partial charge in [-0.25, -0.2) is 0 Å². The summed E-state index contributed by atoms with van der Waals surface area (Å²) in [5, 5.41) is 0. The van der Waals surface area contributed by atoms with Gasteiger partial charge >= 0.3 is 0 Å². The average molecular weight is 300 g/mol. The van der Waals surface area contributed by atoms with Crippen LogP contribution in [0.1, 0.15) is 52.0 Å². The molecule has 2 rings (SSSR count). The van der Waals surface area contributed by atoms with Crippen molar-refractivity contribution in [1.29, 1.82) is 0 Å². The second-order valence-corrected chi connectivity index (χ2v) is 5.84. The van der Waals surface area contributed by atoms with E-state index in [4.69, 9.17) is 9.47 Å². The van der Waals surface area contributed by atoms with Gasteiger partial charge in [0.05, 0.1) is 6.61 Å². The molecule has 1 aliphatic rings. The lowest BCUT2D eigenvalue weighted by molar-refractivity contribution is 0.343. The quantitative estimate of drug-likeness (QED) is 0.592. The number of allylic oxidation sites excluding steroid dienone is 3. The largest absolute Gasteiger partial charge is 0.493 e. The maximum Gasteiger partial charge on any atom is 0.126 e.